The summed E-state index contributed by atoms with van der Waals surface area (Å²) in [6, 6.07) is 9.19. The Morgan fingerprint density at radius 1 is 1.21 bits per heavy atom. The number of nitrogens with zero attached hydrogens (tertiary/aromatic N) is 4. The molecule has 0 atom stereocenters. The Bertz CT molecular complexity index is 775. The second-order valence-electron chi connectivity index (χ2n) is 6.11. The van der Waals surface area contributed by atoms with Crippen molar-refractivity contribution in [2.24, 2.45) is 0 Å². The van der Waals surface area contributed by atoms with Crippen LogP contribution in [0, 0.1) is 31.0 Å². The summed E-state index contributed by atoms with van der Waals surface area (Å²) in [4.78, 5) is 2.09. The van der Waals surface area contributed by atoms with Crippen LogP contribution in [-0.2, 0) is 0 Å². The third-order valence-electron chi connectivity index (χ3n) is 4.58. The van der Waals surface area contributed by atoms with E-state index in [1.165, 1.54) is 6.07 Å². The fourth-order valence-corrected chi connectivity index (χ4v) is 2.98. The molecule has 0 amide bonds. The van der Waals surface area contributed by atoms with Crippen molar-refractivity contribution in [1.29, 1.82) is 5.26 Å². The van der Waals surface area contributed by atoms with Crippen LogP contribution < -0.4 is 10.2 Å². The summed E-state index contributed by atoms with van der Waals surface area (Å²) in [7, 11) is 0. The van der Waals surface area contributed by atoms with E-state index in [2.05, 4.69) is 26.5 Å². The highest BCUT2D eigenvalue weighted by Gasteiger charge is 2.24. The van der Waals surface area contributed by atoms with Gasteiger partial charge < -0.3 is 10.2 Å². The zero-order chi connectivity index (χ0) is 17.1. The van der Waals surface area contributed by atoms with Crippen LogP contribution in [0.4, 0.5) is 15.9 Å². The minimum Gasteiger partial charge on any atom is -0.380 e. The molecule has 1 aromatic carbocycles. The molecule has 0 spiro atoms. The van der Waals surface area contributed by atoms with Gasteiger partial charge in [-0.2, -0.15) is 10.4 Å². The van der Waals surface area contributed by atoms with Gasteiger partial charge in [-0.05, 0) is 44.4 Å². The van der Waals surface area contributed by atoms with Crippen LogP contribution in [0.3, 0.4) is 0 Å². The summed E-state index contributed by atoms with van der Waals surface area (Å²) in [5.74, 6) is 0.427. The number of nitrogens with one attached hydrogen (secondary N) is 1. The van der Waals surface area contributed by atoms with Gasteiger partial charge in [0.2, 0.25) is 0 Å². The number of benzene rings is 1. The van der Waals surface area contributed by atoms with Crippen molar-refractivity contribution < 1.29 is 4.39 Å². The zero-order valence-corrected chi connectivity index (χ0v) is 13.9. The highest BCUT2D eigenvalue weighted by atomic mass is 19.1. The number of anilines is 2. The number of aryl methyl sites for hydroxylation is 1. The van der Waals surface area contributed by atoms with Crippen molar-refractivity contribution >= 4 is 11.5 Å². The first-order chi connectivity index (χ1) is 11.6. The lowest BCUT2D eigenvalue weighted by atomic mass is 10.0. The standard InChI is InChI=1S/C18H20FN5/c1-12-13(2)22-23-18(15(12)11-20)24-9-7-14(8-10-24)21-17-6-4-3-5-16(17)19/h3-6,14,21H,7-10H2,1-2H3. The molecule has 1 aromatic heterocycles. The molecule has 3 rings (SSSR count). The lowest BCUT2D eigenvalue weighted by molar-refractivity contribution is 0.517. The van der Waals surface area contributed by atoms with Crippen LogP contribution in [0.2, 0.25) is 0 Å². The first-order valence-electron chi connectivity index (χ1n) is 8.10. The van der Waals surface area contributed by atoms with Gasteiger partial charge in [0.15, 0.2) is 5.82 Å². The fraction of sp³-hybridized carbons (Fsp3) is 0.389. The fourth-order valence-electron chi connectivity index (χ4n) is 2.98. The van der Waals surface area contributed by atoms with Crippen molar-refractivity contribution in [1.82, 2.24) is 10.2 Å². The zero-order valence-electron chi connectivity index (χ0n) is 13.9. The number of halogens is 1. The van der Waals surface area contributed by atoms with Crippen LogP contribution in [0.15, 0.2) is 24.3 Å². The Hall–Kier alpha value is -2.68. The normalized spacial score (nSPS) is 15.2. The molecule has 0 unspecified atom stereocenters. The number of hydrogen-bond acceptors (Lipinski definition) is 5. The maximum absolute atomic E-state index is 13.7. The van der Waals surface area contributed by atoms with Crippen LogP contribution in [0.25, 0.3) is 0 Å². The molecule has 0 aliphatic carbocycles. The number of aromatic nitrogens is 2. The third-order valence-corrected chi connectivity index (χ3v) is 4.58. The summed E-state index contributed by atoms with van der Waals surface area (Å²) in [5, 5.41) is 21.1. The Morgan fingerprint density at radius 2 is 1.92 bits per heavy atom. The number of hydrogen-bond donors (Lipinski definition) is 1. The summed E-state index contributed by atoms with van der Waals surface area (Å²) >= 11 is 0. The van der Waals surface area contributed by atoms with E-state index in [1.807, 2.05) is 19.9 Å². The molecule has 0 radical (unpaired) electrons. The molecule has 1 aliphatic rings. The average Bonchev–Trinajstić information content (AvgIpc) is 2.60. The van der Waals surface area contributed by atoms with E-state index in [4.69, 9.17) is 0 Å². The molecular formula is C18H20FN5. The lowest BCUT2D eigenvalue weighted by Gasteiger charge is -2.34. The first kappa shape index (κ1) is 16.2. The van der Waals surface area contributed by atoms with E-state index in [0.29, 0.717) is 17.1 Å². The quantitative estimate of drug-likeness (QED) is 0.939. The molecule has 1 aliphatic heterocycles. The Labute approximate surface area is 141 Å². The smallest absolute Gasteiger partial charge is 0.169 e. The van der Waals surface area contributed by atoms with Crippen LogP contribution >= 0.6 is 0 Å². The SMILES string of the molecule is Cc1nnc(N2CCC(Nc3ccccc3F)CC2)c(C#N)c1C. The first-order valence-corrected chi connectivity index (χ1v) is 8.10. The van der Waals surface area contributed by atoms with E-state index in [0.717, 1.165) is 37.2 Å². The summed E-state index contributed by atoms with van der Waals surface area (Å²) < 4.78 is 13.7. The molecule has 2 heterocycles. The molecular weight excluding hydrogens is 305 g/mol. The minimum absolute atomic E-state index is 0.211. The van der Waals surface area contributed by atoms with Gasteiger partial charge in [0.1, 0.15) is 17.4 Å². The second kappa shape index (κ2) is 6.83. The van der Waals surface area contributed by atoms with Crippen molar-refractivity contribution in [3.05, 3.63) is 46.9 Å². The Morgan fingerprint density at radius 3 is 2.58 bits per heavy atom. The second-order valence-corrected chi connectivity index (χ2v) is 6.11. The van der Waals surface area contributed by atoms with Gasteiger partial charge >= 0.3 is 0 Å². The van der Waals surface area contributed by atoms with E-state index in [1.54, 1.807) is 12.1 Å². The molecule has 24 heavy (non-hydrogen) atoms. The van der Waals surface area contributed by atoms with Crippen molar-refractivity contribution in [2.75, 3.05) is 23.3 Å². The van der Waals surface area contributed by atoms with Crippen LogP contribution in [0.5, 0.6) is 0 Å². The van der Waals surface area contributed by atoms with Gasteiger partial charge in [0.05, 0.1) is 11.4 Å². The van der Waals surface area contributed by atoms with Gasteiger partial charge in [-0.3, -0.25) is 0 Å². The van der Waals surface area contributed by atoms with Gasteiger partial charge in [0.25, 0.3) is 0 Å². The maximum Gasteiger partial charge on any atom is 0.169 e. The minimum atomic E-state index is -0.230. The molecule has 1 fully saturated rings. The summed E-state index contributed by atoms with van der Waals surface area (Å²) in [6.07, 6.45) is 1.71. The maximum atomic E-state index is 13.7. The summed E-state index contributed by atoms with van der Waals surface area (Å²) in [6.45, 7) is 5.28. The predicted octanol–water partition coefficient (Wildman–Crippen LogP) is 3.19. The molecule has 5 nitrogen and oxygen atoms in total. The Kier molecular flexibility index (Phi) is 4.61. The van der Waals surface area contributed by atoms with Gasteiger partial charge in [0, 0.05) is 19.1 Å². The van der Waals surface area contributed by atoms with Gasteiger partial charge in [-0.1, -0.05) is 12.1 Å². The number of piperidine rings is 1. The van der Waals surface area contributed by atoms with Crippen LogP contribution in [0.1, 0.15) is 29.7 Å². The molecule has 6 heteroatoms. The molecule has 124 valence electrons. The van der Waals surface area contributed by atoms with Gasteiger partial charge in [-0.25, -0.2) is 4.39 Å². The van der Waals surface area contributed by atoms with E-state index < -0.39 is 0 Å². The van der Waals surface area contributed by atoms with Crippen molar-refractivity contribution in [3.63, 3.8) is 0 Å². The Balaban J connectivity index is 1.69. The largest absolute Gasteiger partial charge is 0.380 e. The number of para-hydroxylation sites is 1. The van der Waals surface area contributed by atoms with E-state index >= 15 is 0 Å². The molecule has 2 aromatic rings. The molecule has 1 N–H and O–H groups in total. The van der Waals surface area contributed by atoms with E-state index in [-0.39, 0.29) is 11.9 Å². The lowest BCUT2D eigenvalue weighted by Crippen LogP contribution is -2.40. The average molecular weight is 325 g/mol. The van der Waals surface area contributed by atoms with Crippen LogP contribution in [-0.4, -0.2) is 29.3 Å². The third kappa shape index (κ3) is 3.16. The van der Waals surface area contributed by atoms with Crippen molar-refractivity contribution in [2.45, 2.75) is 32.7 Å². The monoisotopic (exact) mass is 325 g/mol. The topological polar surface area (TPSA) is 64.8 Å². The highest BCUT2D eigenvalue weighted by molar-refractivity contribution is 5.58. The van der Waals surface area contributed by atoms with Gasteiger partial charge in [-0.15, -0.1) is 5.10 Å². The summed E-state index contributed by atoms with van der Waals surface area (Å²) in [5.41, 5.74) is 2.81. The number of rotatable bonds is 3. The predicted molar refractivity (Wildman–Crippen MR) is 91.5 cm³/mol. The highest BCUT2D eigenvalue weighted by Crippen LogP contribution is 2.26. The van der Waals surface area contributed by atoms with E-state index in [9.17, 15) is 9.65 Å². The van der Waals surface area contributed by atoms with Crippen molar-refractivity contribution in [3.8, 4) is 6.07 Å². The molecule has 0 saturated carbocycles. The molecule has 1 saturated heterocycles. The number of nitriles is 1. The molecule has 0 bridgehead atoms.